The molecule has 1 saturated carbocycles. The highest BCUT2D eigenvalue weighted by Gasteiger charge is 2.20. The van der Waals surface area contributed by atoms with Gasteiger partial charge in [-0.25, -0.2) is 0 Å². The van der Waals surface area contributed by atoms with Crippen molar-refractivity contribution in [3.63, 3.8) is 0 Å². The molecule has 1 atom stereocenters. The summed E-state index contributed by atoms with van der Waals surface area (Å²) in [7, 11) is 1.75. The SMILES string of the molecule is COc1ccc(C(C)(C)C)cc1CNCC(NC1CCCC1)c1ccccc1. The zero-order valence-corrected chi connectivity index (χ0v) is 17.9. The van der Waals surface area contributed by atoms with Gasteiger partial charge in [-0.3, -0.25) is 0 Å². The molecule has 0 radical (unpaired) electrons. The molecular formula is C25H36N2O. The summed E-state index contributed by atoms with van der Waals surface area (Å²) in [4.78, 5) is 0. The van der Waals surface area contributed by atoms with Crippen molar-refractivity contribution in [3.8, 4) is 5.75 Å². The van der Waals surface area contributed by atoms with Gasteiger partial charge in [-0.05, 0) is 35.4 Å². The average Bonchev–Trinajstić information content (AvgIpc) is 3.20. The van der Waals surface area contributed by atoms with Gasteiger partial charge in [0.15, 0.2) is 0 Å². The largest absolute Gasteiger partial charge is 0.496 e. The van der Waals surface area contributed by atoms with Crippen LogP contribution in [-0.2, 0) is 12.0 Å². The molecule has 0 heterocycles. The van der Waals surface area contributed by atoms with E-state index in [1.54, 1.807) is 7.11 Å². The lowest BCUT2D eigenvalue weighted by Gasteiger charge is -2.25. The van der Waals surface area contributed by atoms with Crippen LogP contribution in [0.15, 0.2) is 48.5 Å². The topological polar surface area (TPSA) is 33.3 Å². The summed E-state index contributed by atoms with van der Waals surface area (Å²) in [5.41, 5.74) is 4.06. The van der Waals surface area contributed by atoms with Crippen LogP contribution in [0.5, 0.6) is 5.75 Å². The van der Waals surface area contributed by atoms with Crippen molar-refractivity contribution in [2.75, 3.05) is 13.7 Å². The zero-order chi connectivity index (χ0) is 20.0. The molecule has 0 amide bonds. The first-order chi connectivity index (χ1) is 13.5. The summed E-state index contributed by atoms with van der Waals surface area (Å²) < 4.78 is 5.61. The first-order valence-corrected chi connectivity index (χ1v) is 10.7. The Labute approximate surface area is 170 Å². The standard InChI is InChI=1S/C25H36N2O/c1-25(2,3)21-14-15-24(28-4)20(16-21)17-26-18-23(19-10-6-5-7-11-19)27-22-12-8-9-13-22/h5-7,10-11,14-16,22-23,26-27H,8-9,12-13,17-18H2,1-4H3. The van der Waals surface area contributed by atoms with Crippen LogP contribution in [-0.4, -0.2) is 19.7 Å². The van der Waals surface area contributed by atoms with Gasteiger partial charge in [0.25, 0.3) is 0 Å². The molecule has 3 nitrogen and oxygen atoms in total. The summed E-state index contributed by atoms with van der Waals surface area (Å²) in [5.74, 6) is 0.959. The van der Waals surface area contributed by atoms with Gasteiger partial charge in [-0.2, -0.15) is 0 Å². The Hall–Kier alpha value is -1.84. The summed E-state index contributed by atoms with van der Waals surface area (Å²) in [6.45, 7) is 8.47. The van der Waals surface area contributed by atoms with Crippen molar-refractivity contribution in [1.29, 1.82) is 0 Å². The van der Waals surface area contributed by atoms with Gasteiger partial charge in [0, 0.05) is 30.7 Å². The highest BCUT2D eigenvalue weighted by molar-refractivity contribution is 5.39. The van der Waals surface area contributed by atoms with Crippen LogP contribution in [0.25, 0.3) is 0 Å². The number of methoxy groups -OCH3 is 1. The molecule has 0 spiro atoms. The van der Waals surface area contributed by atoms with Crippen molar-refractivity contribution in [2.45, 2.75) is 70.5 Å². The molecule has 2 aromatic rings. The minimum absolute atomic E-state index is 0.137. The fraction of sp³-hybridized carbons (Fsp3) is 0.520. The van der Waals surface area contributed by atoms with Gasteiger partial charge in [-0.1, -0.05) is 76.1 Å². The average molecular weight is 381 g/mol. The maximum Gasteiger partial charge on any atom is 0.123 e. The van der Waals surface area contributed by atoms with E-state index in [4.69, 9.17) is 4.74 Å². The zero-order valence-electron chi connectivity index (χ0n) is 17.9. The number of rotatable bonds is 8. The Morgan fingerprint density at radius 2 is 1.75 bits per heavy atom. The van der Waals surface area contributed by atoms with Crippen molar-refractivity contribution in [3.05, 3.63) is 65.2 Å². The third kappa shape index (κ3) is 5.59. The van der Waals surface area contributed by atoms with Crippen LogP contribution < -0.4 is 15.4 Å². The summed E-state index contributed by atoms with van der Waals surface area (Å²) >= 11 is 0. The highest BCUT2D eigenvalue weighted by Crippen LogP contribution is 2.28. The lowest BCUT2D eigenvalue weighted by atomic mass is 9.86. The van der Waals surface area contributed by atoms with Gasteiger partial charge in [0.2, 0.25) is 0 Å². The van der Waals surface area contributed by atoms with Gasteiger partial charge in [-0.15, -0.1) is 0 Å². The maximum absolute atomic E-state index is 5.61. The lowest BCUT2D eigenvalue weighted by molar-refractivity contribution is 0.399. The first-order valence-electron chi connectivity index (χ1n) is 10.7. The molecule has 1 aliphatic carbocycles. The predicted molar refractivity (Wildman–Crippen MR) is 118 cm³/mol. The second-order valence-electron chi connectivity index (χ2n) is 9.02. The Balaban J connectivity index is 1.68. The Morgan fingerprint density at radius 1 is 1.04 bits per heavy atom. The summed E-state index contributed by atoms with van der Waals surface area (Å²) in [6.07, 6.45) is 5.29. The van der Waals surface area contributed by atoms with Crippen LogP contribution >= 0.6 is 0 Å². The van der Waals surface area contributed by atoms with Crippen LogP contribution in [0.4, 0.5) is 0 Å². The van der Waals surface area contributed by atoms with E-state index in [-0.39, 0.29) is 5.41 Å². The normalized spacial score (nSPS) is 16.3. The Kier molecular flexibility index (Phi) is 7.14. The monoisotopic (exact) mass is 380 g/mol. The van der Waals surface area contributed by atoms with Gasteiger partial charge in [0.1, 0.15) is 5.75 Å². The van der Waals surface area contributed by atoms with E-state index in [1.165, 1.54) is 42.4 Å². The van der Waals surface area contributed by atoms with Gasteiger partial charge >= 0.3 is 0 Å². The molecule has 1 unspecified atom stereocenters. The molecule has 1 aliphatic rings. The molecule has 0 aromatic heterocycles. The lowest BCUT2D eigenvalue weighted by Crippen LogP contribution is -2.37. The molecule has 2 aromatic carbocycles. The third-order valence-corrected chi connectivity index (χ3v) is 5.80. The molecule has 0 aliphatic heterocycles. The molecule has 3 rings (SSSR count). The van der Waals surface area contributed by atoms with Crippen LogP contribution in [0, 0.1) is 0 Å². The van der Waals surface area contributed by atoms with Crippen molar-refractivity contribution >= 4 is 0 Å². The second kappa shape index (κ2) is 9.58. The van der Waals surface area contributed by atoms with E-state index in [0.29, 0.717) is 12.1 Å². The van der Waals surface area contributed by atoms with Crippen molar-refractivity contribution in [1.82, 2.24) is 10.6 Å². The fourth-order valence-corrected chi connectivity index (χ4v) is 4.07. The van der Waals surface area contributed by atoms with Gasteiger partial charge < -0.3 is 15.4 Å². The van der Waals surface area contributed by atoms with E-state index in [1.807, 2.05) is 0 Å². The van der Waals surface area contributed by atoms with Crippen LogP contribution in [0.1, 0.15) is 69.2 Å². The molecular weight excluding hydrogens is 344 g/mol. The van der Waals surface area contributed by atoms with E-state index < -0.39 is 0 Å². The first kappa shape index (κ1) is 20.9. The number of hydrogen-bond donors (Lipinski definition) is 2. The number of ether oxygens (including phenoxy) is 1. The van der Waals surface area contributed by atoms with E-state index in [9.17, 15) is 0 Å². The van der Waals surface area contributed by atoms with E-state index in [0.717, 1.165) is 18.8 Å². The Morgan fingerprint density at radius 3 is 2.39 bits per heavy atom. The molecule has 1 fully saturated rings. The maximum atomic E-state index is 5.61. The van der Waals surface area contributed by atoms with Crippen LogP contribution in [0.3, 0.4) is 0 Å². The van der Waals surface area contributed by atoms with E-state index >= 15 is 0 Å². The predicted octanol–water partition coefficient (Wildman–Crippen LogP) is 5.36. The fourth-order valence-electron chi connectivity index (χ4n) is 4.07. The van der Waals surface area contributed by atoms with Gasteiger partial charge in [0.05, 0.1) is 7.11 Å². The minimum Gasteiger partial charge on any atom is -0.496 e. The highest BCUT2D eigenvalue weighted by atomic mass is 16.5. The number of hydrogen-bond acceptors (Lipinski definition) is 3. The quantitative estimate of drug-likeness (QED) is 0.647. The van der Waals surface area contributed by atoms with E-state index in [2.05, 4.69) is 79.9 Å². The second-order valence-corrected chi connectivity index (χ2v) is 9.02. The molecule has 0 bridgehead atoms. The molecule has 0 saturated heterocycles. The summed E-state index contributed by atoms with van der Waals surface area (Å²) in [5, 5.41) is 7.57. The molecule has 3 heteroatoms. The van der Waals surface area contributed by atoms with Crippen molar-refractivity contribution in [2.24, 2.45) is 0 Å². The molecule has 2 N–H and O–H groups in total. The summed E-state index contributed by atoms with van der Waals surface area (Å²) in [6, 6.07) is 18.4. The third-order valence-electron chi connectivity index (χ3n) is 5.80. The minimum atomic E-state index is 0.137. The molecule has 152 valence electrons. The van der Waals surface area contributed by atoms with Crippen LogP contribution in [0.2, 0.25) is 0 Å². The molecule has 28 heavy (non-hydrogen) atoms. The Bertz CT molecular complexity index is 730. The number of nitrogens with one attached hydrogen (secondary N) is 2. The number of benzene rings is 2. The van der Waals surface area contributed by atoms with Crippen molar-refractivity contribution < 1.29 is 4.74 Å². The smallest absolute Gasteiger partial charge is 0.123 e.